The number of thiol groups is 1. The van der Waals surface area contributed by atoms with Crippen molar-refractivity contribution in [3.05, 3.63) is 35.9 Å². The number of carbonyl (C=O) groups is 1. The van der Waals surface area contributed by atoms with Crippen LogP contribution in [-0.2, 0) is 11.2 Å². The zero-order valence-corrected chi connectivity index (χ0v) is 7.92. The van der Waals surface area contributed by atoms with E-state index in [4.69, 9.17) is 0 Å². The van der Waals surface area contributed by atoms with Crippen LogP contribution in [0.2, 0.25) is 0 Å². The zero-order valence-electron chi connectivity index (χ0n) is 7.03. The van der Waals surface area contributed by atoms with Crippen molar-refractivity contribution in [1.82, 2.24) is 0 Å². The number of ketones is 1. The highest BCUT2D eigenvalue weighted by molar-refractivity contribution is 7.81. The normalized spacial score (nSPS) is 12.5. The average molecular weight is 180 g/mol. The Kier molecular flexibility index (Phi) is 3.35. The summed E-state index contributed by atoms with van der Waals surface area (Å²) in [7, 11) is 0. The van der Waals surface area contributed by atoms with Gasteiger partial charge in [0, 0.05) is 0 Å². The third kappa shape index (κ3) is 2.70. The highest BCUT2D eigenvalue weighted by Gasteiger charge is 2.08. The second kappa shape index (κ2) is 4.31. The van der Waals surface area contributed by atoms with Gasteiger partial charge in [-0.2, -0.15) is 12.6 Å². The molecule has 1 aromatic rings. The van der Waals surface area contributed by atoms with E-state index in [2.05, 4.69) is 12.6 Å². The largest absolute Gasteiger partial charge is 0.299 e. The van der Waals surface area contributed by atoms with Crippen LogP contribution in [0.15, 0.2) is 30.3 Å². The van der Waals surface area contributed by atoms with E-state index in [0.717, 1.165) is 12.0 Å². The van der Waals surface area contributed by atoms with E-state index < -0.39 is 0 Å². The average Bonchev–Trinajstić information content (AvgIpc) is 2.06. The van der Waals surface area contributed by atoms with Crippen molar-refractivity contribution in [3.63, 3.8) is 0 Å². The molecular weight excluding hydrogens is 168 g/mol. The molecule has 1 atom stereocenters. The number of benzene rings is 1. The molecule has 0 saturated carbocycles. The predicted molar refractivity (Wildman–Crippen MR) is 53.6 cm³/mol. The Bertz CT molecular complexity index is 256. The molecule has 1 unspecified atom stereocenters. The van der Waals surface area contributed by atoms with Gasteiger partial charge < -0.3 is 0 Å². The Morgan fingerprint density at radius 2 is 2.00 bits per heavy atom. The molecule has 0 aliphatic heterocycles. The molecule has 0 radical (unpaired) electrons. The highest BCUT2D eigenvalue weighted by atomic mass is 32.1. The summed E-state index contributed by atoms with van der Waals surface area (Å²) in [5.41, 5.74) is 1.16. The summed E-state index contributed by atoms with van der Waals surface area (Å²) in [5, 5.41) is -0.160. The van der Waals surface area contributed by atoms with E-state index >= 15 is 0 Å². The van der Waals surface area contributed by atoms with Gasteiger partial charge in [0.15, 0.2) is 0 Å². The van der Waals surface area contributed by atoms with Crippen molar-refractivity contribution in [2.75, 3.05) is 0 Å². The summed E-state index contributed by atoms with van der Waals surface area (Å²) in [5.74, 6) is 0.127. The molecule has 0 saturated heterocycles. The van der Waals surface area contributed by atoms with Gasteiger partial charge in [-0.25, -0.2) is 0 Å². The Balaban J connectivity index is 2.58. The lowest BCUT2D eigenvalue weighted by Crippen LogP contribution is -2.13. The molecule has 0 aromatic heterocycles. The van der Waals surface area contributed by atoms with Crippen LogP contribution in [0.25, 0.3) is 0 Å². The molecule has 0 spiro atoms. The molecule has 0 N–H and O–H groups in total. The second-order valence-corrected chi connectivity index (χ2v) is 3.44. The topological polar surface area (TPSA) is 17.1 Å². The van der Waals surface area contributed by atoms with Crippen molar-refractivity contribution >= 4 is 18.4 Å². The quantitative estimate of drug-likeness (QED) is 0.705. The van der Waals surface area contributed by atoms with Gasteiger partial charge in [-0.15, -0.1) is 0 Å². The maximum Gasteiger partial charge on any atom is 0.142 e. The molecule has 0 fully saturated rings. The van der Waals surface area contributed by atoms with Gasteiger partial charge in [-0.3, -0.25) is 4.79 Å². The third-order valence-electron chi connectivity index (χ3n) is 1.74. The molecule has 0 amide bonds. The first kappa shape index (κ1) is 9.33. The van der Waals surface area contributed by atoms with Gasteiger partial charge in [-0.1, -0.05) is 30.3 Å². The van der Waals surface area contributed by atoms with Crippen molar-refractivity contribution in [2.45, 2.75) is 18.6 Å². The molecule has 0 bridgehead atoms. The van der Waals surface area contributed by atoms with Crippen LogP contribution < -0.4 is 0 Å². The molecule has 64 valence electrons. The smallest absolute Gasteiger partial charge is 0.142 e. The maximum atomic E-state index is 10.9. The standard InChI is InChI=1S/C10H12OS/c1-8(11)10(12)7-9-5-3-2-4-6-9/h2-6,10,12H,7H2,1H3. The van der Waals surface area contributed by atoms with Crippen molar-refractivity contribution in [2.24, 2.45) is 0 Å². The molecule has 1 rings (SSSR count). The van der Waals surface area contributed by atoms with E-state index in [1.165, 1.54) is 0 Å². The minimum Gasteiger partial charge on any atom is -0.299 e. The summed E-state index contributed by atoms with van der Waals surface area (Å²) in [6.07, 6.45) is 0.722. The Morgan fingerprint density at radius 3 is 2.50 bits per heavy atom. The third-order valence-corrected chi connectivity index (χ3v) is 2.29. The fourth-order valence-electron chi connectivity index (χ4n) is 0.981. The molecule has 0 aliphatic rings. The fraction of sp³-hybridized carbons (Fsp3) is 0.300. The molecule has 1 nitrogen and oxygen atoms in total. The summed E-state index contributed by atoms with van der Waals surface area (Å²) >= 11 is 4.19. The van der Waals surface area contributed by atoms with E-state index in [9.17, 15) is 4.79 Å². The van der Waals surface area contributed by atoms with Gasteiger partial charge in [0.05, 0.1) is 5.25 Å². The van der Waals surface area contributed by atoms with E-state index in [0.29, 0.717) is 0 Å². The summed E-state index contributed by atoms with van der Waals surface area (Å²) in [6, 6.07) is 9.91. The Hall–Kier alpha value is -0.760. The molecule has 2 heteroatoms. The number of carbonyl (C=O) groups excluding carboxylic acids is 1. The van der Waals surface area contributed by atoms with Gasteiger partial charge in [0.25, 0.3) is 0 Å². The maximum absolute atomic E-state index is 10.9. The van der Waals surface area contributed by atoms with Crippen molar-refractivity contribution in [1.29, 1.82) is 0 Å². The number of hydrogen-bond donors (Lipinski definition) is 1. The lowest BCUT2D eigenvalue weighted by atomic mass is 10.1. The molecule has 12 heavy (non-hydrogen) atoms. The van der Waals surface area contributed by atoms with Crippen LogP contribution in [0, 0.1) is 0 Å². The number of hydrogen-bond acceptors (Lipinski definition) is 2. The van der Waals surface area contributed by atoms with E-state index in [1.807, 2.05) is 30.3 Å². The minimum absolute atomic E-state index is 0.127. The van der Waals surface area contributed by atoms with Crippen LogP contribution in [0.1, 0.15) is 12.5 Å². The lowest BCUT2D eigenvalue weighted by molar-refractivity contribution is -0.116. The van der Waals surface area contributed by atoms with Crippen LogP contribution in [0.3, 0.4) is 0 Å². The summed E-state index contributed by atoms with van der Waals surface area (Å²) in [4.78, 5) is 10.9. The van der Waals surface area contributed by atoms with E-state index in [-0.39, 0.29) is 11.0 Å². The Morgan fingerprint density at radius 1 is 1.42 bits per heavy atom. The monoisotopic (exact) mass is 180 g/mol. The first-order valence-corrected chi connectivity index (χ1v) is 4.44. The molecular formula is C10H12OS. The minimum atomic E-state index is -0.160. The van der Waals surface area contributed by atoms with Crippen molar-refractivity contribution in [3.8, 4) is 0 Å². The van der Waals surface area contributed by atoms with Crippen molar-refractivity contribution < 1.29 is 4.79 Å². The SMILES string of the molecule is CC(=O)C(S)Cc1ccccc1. The highest BCUT2D eigenvalue weighted by Crippen LogP contribution is 2.07. The zero-order chi connectivity index (χ0) is 8.97. The van der Waals surface area contributed by atoms with Crippen LogP contribution >= 0.6 is 12.6 Å². The summed E-state index contributed by atoms with van der Waals surface area (Å²) < 4.78 is 0. The van der Waals surface area contributed by atoms with Gasteiger partial charge in [-0.05, 0) is 18.9 Å². The second-order valence-electron chi connectivity index (χ2n) is 2.82. The molecule has 0 heterocycles. The summed E-state index contributed by atoms with van der Waals surface area (Å²) in [6.45, 7) is 1.57. The molecule has 0 aliphatic carbocycles. The van der Waals surface area contributed by atoms with E-state index in [1.54, 1.807) is 6.92 Å². The predicted octanol–water partition coefficient (Wildman–Crippen LogP) is 2.12. The fourth-order valence-corrected chi connectivity index (χ4v) is 1.19. The van der Waals surface area contributed by atoms with Gasteiger partial charge in [0.1, 0.15) is 5.78 Å². The Labute approximate surface area is 78.2 Å². The van der Waals surface area contributed by atoms with Gasteiger partial charge in [0.2, 0.25) is 0 Å². The molecule has 1 aromatic carbocycles. The first-order chi connectivity index (χ1) is 5.70. The van der Waals surface area contributed by atoms with Crippen LogP contribution in [-0.4, -0.2) is 11.0 Å². The lowest BCUT2D eigenvalue weighted by Gasteiger charge is -2.05. The number of rotatable bonds is 3. The van der Waals surface area contributed by atoms with Crippen LogP contribution in [0.5, 0.6) is 0 Å². The number of Topliss-reactive ketones (excluding diaryl/α,β-unsaturated/α-hetero) is 1. The van der Waals surface area contributed by atoms with Gasteiger partial charge >= 0.3 is 0 Å². The first-order valence-electron chi connectivity index (χ1n) is 3.92. The van der Waals surface area contributed by atoms with Crippen LogP contribution in [0.4, 0.5) is 0 Å².